The molecule has 0 aliphatic carbocycles. The molecular weight excluding hydrogens is 254 g/mol. The third-order valence-electron chi connectivity index (χ3n) is 3.48. The fourth-order valence-corrected chi connectivity index (χ4v) is 1.74. The van der Waals surface area contributed by atoms with Crippen LogP contribution in [0.15, 0.2) is 24.3 Å². The molecule has 1 rings (SSSR count). The van der Waals surface area contributed by atoms with E-state index >= 15 is 0 Å². The molecule has 2 unspecified atom stereocenters. The van der Waals surface area contributed by atoms with Gasteiger partial charge in [-0.15, -0.1) is 0 Å². The molecule has 1 amide bonds. The summed E-state index contributed by atoms with van der Waals surface area (Å²) in [6.45, 7) is 5.71. The van der Waals surface area contributed by atoms with E-state index in [9.17, 15) is 9.59 Å². The van der Waals surface area contributed by atoms with Crippen molar-refractivity contribution in [2.45, 2.75) is 39.7 Å². The van der Waals surface area contributed by atoms with Crippen LogP contribution in [-0.4, -0.2) is 29.4 Å². The predicted molar refractivity (Wildman–Crippen MR) is 78.6 cm³/mol. The lowest BCUT2D eigenvalue weighted by Crippen LogP contribution is -2.38. The van der Waals surface area contributed by atoms with Crippen molar-refractivity contribution in [1.82, 2.24) is 5.32 Å². The Kier molecular flexibility index (Phi) is 6.39. The van der Waals surface area contributed by atoms with Gasteiger partial charge in [0.05, 0.1) is 0 Å². The molecule has 0 fully saturated rings. The molecule has 2 atom stereocenters. The third-order valence-corrected chi connectivity index (χ3v) is 3.48. The van der Waals surface area contributed by atoms with E-state index in [1.54, 1.807) is 12.1 Å². The van der Waals surface area contributed by atoms with Gasteiger partial charge >= 0.3 is 0 Å². The van der Waals surface area contributed by atoms with Crippen molar-refractivity contribution < 1.29 is 14.7 Å². The summed E-state index contributed by atoms with van der Waals surface area (Å²) in [5.74, 6) is -0.173. The lowest BCUT2D eigenvalue weighted by molar-refractivity contribution is -0.122. The Labute approximate surface area is 120 Å². The Morgan fingerprint density at radius 1 is 1.15 bits per heavy atom. The summed E-state index contributed by atoms with van der Waals surface area (Å²) in [6, 6.07) is 7.25. The molecule has 1 aromatic rings. The Morgan fingerprint density at radius 3 is 2.30 bits per heavy atom. The fourth-order valence-electron chi connectivity index (χ4n) is 1.74. The largest absolute Gasteiger partial charge is 0.396 e. The summed E-state index contributed by atoms with van der Waals surface area (Å²) in [7, 11) is 0. The molecule has 0 saturated heterocycles. The lowest BCUT2D eigenvalue weighted by Gasteiger charge is -2.19. The van der Waals surface area contributed by atoms with Crippen LogP contribution in [0.2, 0.25) is 0 Å². The van der Waals surface area contributed by atoms with Crippen LogP contribution in [0.1, 0.15) is 42.6 Å². The zero-order valence-corrected chi connectivity index (χ0v) is 12.3. The van der Waals surface area contributed by atoms with Gasteiger partial charge < -0.3 is 10.4 Å². The maximum absolute atomic E-state index is 11.9. The monoisotopic (exact) mass is 277 g/mol. The first-order valence-electron chi connectivity index (χ1n) is 6.94. The summed E-state index contributed by atoms with van der Waals surface area (Å²) >= 11 is 0. The van der Waals surface area contributed by atoms with Crippen LogP contribution < -0.4 is 5.32 Å². The maximum atomic E-state index is 11.9. The zero-order chi connectivity index (χ0) is 15.1. The number of amides is 1. The van der Waals surface area contributed by atoms with E-state index in [0.29, 0.717) is 5.56 Å². The van der Waals surface area contributed by atoms with Crippen LogP contribution in [0.3, 0.4) is 0 Å². The molecular formula is C16H23NO3. The number of hydrogen-bond donors (Lipinski definition) is 2. The van der Waals surface area contributed by atoms with Gasteiger partial charge in [0, 0.05) is 31.1 Å². The van der Waals surface area contributed by atoms with E-state index in [1.165, 1.54) is 0 Å². The molecule has 2 N–H and O–H groups in total. The normalized spacial score (nSPS) is 13.6. The summed E-state index contributed by atoms with van der Waals surface area (Å²) in [4.78, 5) is 23.6. The maximum Gasteiger partial charge on any atom is 0.220 e. The number of aliphatic hydroxyl groups excluding tert-OH is 1. The Morgan fingerprint density at radius 2 is 1.75 bits per heavy atom. The van der Waals surface area contributed by atoms with Crippen LogP contribution >= 0.6 is 0 Å². The van der Waals surface area contributed by atoms with Gasteiger partial charge in [-0.25, -0.2) is 0 Å². The number of aryl methyl sites for hydroxylation is 1. The second-order valence-corrected chi connectivity index (χ2v) is 5.31. The minimum absolute atomic E-state index is 0.00625. The molecule has 110 valence electrons. The van der Waals surface area contributed by atoms with Gasteiger partial charge in [-0.2, -0.15) is 0 Å². The number of Topliss-reactive ketones (excluding diaryl/α,β-unsaturated/α-hetero) is 1. The average molecular weight is 277 g/mol. The highest BCUT2D eigenvalue weighted by molar-refractivity contribution is 5.97. The van der Waals surface area contributed by atoms with Crippen molar-refractivity contribution in [3.63, 3.8) is 0 Å². The van der Waals surface area contributed by atoms with Crippen molar-refractivity contribution in [2.24, 2.45) is 5.92 Å². The molecule has 0 heterocycles. The van der Waals surface area contributed by atoms with E-state index in [2.05, 4.69) is 5.32 Å². The van der Waals surface area contributed by atoms with Gasteiger partial charge in [-0.3, -0.25) is 9.59 Å². The van der Waals surface area contributed by atoms with Gasteiger partial charge in [0.25, 0.3) is 0 Å². The minimum atomic E-state index is -0.154. The molecule has 0 aliphatic heterocycles. The highest BCUT2D eigenvalue weighted by atomic mass is 16.3. The number of carbonyl (C=O) groups is 2. The van der Waals surface area contributed by atoms with Gasteiger partial charge in [-0.05, 0) is 19.8 Å². The minimum Gasteiger partial charge on any atom is -0.396 e. The van der Waals surface area contributed by atoms with E-state index in [-0.39, 0.29) is 43.1 Å². The van der Waals surface area contributed by atoms with Crippen molar-refractivity contribution in [1.29, 1.82) is 0 Å². The molecule has 1 aromatic carbocycles. The number of rotatable bonds is 7. The first-order chi connectivity index (χ1) is 9.43. The Hall–Kier alpha value is -1.68. The van der Waals surface area contributed by atoms with E-state index in [0.717, 1.165) is 5.56 Å². The van der Waals surface area contributed by atoms with Crippen LogP contribution in [0.4, 0.5) is 0 Å². The van der Waals surface area contributed by atoms with Crippen molar-refractivity contribution in [3.8, 4) is 0 Å². The van der Waals surface area contributed by atoms with Crippen LogP contribution in [0.25, 0.3) is 0 Å². The quantitative estimate of drug-likeness (QED) is 0.750. The summed E-state index contributed by atoms with van der Waals surface area (Å²) < 4.78 is 0. The first-order valence-corrected chi connectivity index (χ1v) is 6.94. The molecule has 0 saturated carbocycles. The number of nitrogens with one attached hydrogen (secondary N) is 1. The molecule has 0 aliphatic rings. The highest BCUT2D eigenvalue weighted by Gasteiger charge is 2.15. The molecule has 0 bridgehead atoms. The van der Waals surface area contributed by atoms with E-state index in [1.807, 2.05) is 32.9 Å². The zero-order valence-electron chi connectivity index (χ0n) is 12.3. The number of ketones is 1. The molecule has 4 heteroatoms. The van der Waals surface area contributed by atoms with Crippen LogP contribution in [-0.2, 0) is 4.79 Å². The second-order valence-electron chi connectivity index (χ2n) is 5.31. The van der Waals surface area contributed by atoms with Gasteiger partial charge in [-0.1, -0.05) is 36.8 Å². The van der Waals surface area contributed by atoms with Gasteiger partial charge in [0.15, 0.2) is 5.78 Å². The van der Waals surface area contributed by atoms with Crippen LogP contribution in [0.5, 0.6) is 0 Å². The molecule has 0 radical (unpaired) electrons. The lowest BCUT2D eigenvalue weighted by atomic mass is 10.0. The smallest absolute Gasteiger partial charge is 0.220 e. The van der Waals surface area contributed by atoms with Crippen molar-refractivity contribution in [2.75, 3.05) is 6.61 Å². The van der Waals surface area contributed by atoms with E-state index in [4.69, 9.17) is 5.11 Å². The Balaban J connectivity index is 2.41. The number of hydrogen-bond acceptors (Lipinski definition) is 3. The number of aliphatic hydroxyl groups is 1. The van der Waals surface area contributed by atoms with Gasteiger partial charge in [0.2, 0.25) is 5.91 Å². The van der Waals surface area contributed by atoms with Gasteiger partial charge in [0.1, 0.15) is 0 Å². The topological polar surface area (TPSA) is 66.4 Å². The first kappa shape index (κ1) is 16.4. The second kappa shape index (κ2) is 7.80. The fraction of sp³-hybridized carbons (Fsp3) is 0.500. The predicted octanol–water partition coefficient (Wildman–Crippen LogP) is 2.09. The molecule has 20 heavy (non-hydrogen) atoms. The Bertz CT molecular complexity index is 453. The molecule has 4 nitrogen and oxygen atoms in total. The highest BCUT2D eigenvalue weighted by Crippen LogP contribution is 2.08. The van der Waals surface area contributed by atoms with E-state index < -0.39 is 0 Å². The van der Waals surface area contributed by atoms with Crippen molar-refractivity contribution in [3.05, 3.63) is 35.4 Å². The molecule has 0 aromatic heterocycles. The summed E-state index contributed by atoms with van der Waals surface area (Å²) in [5.41, 5.74) is 1.74. The molecule has 0 spiro atoms. The van der Waals surface area contributed by atoms with Crippen molar-refractivity contribution >= 4 is 11.7 Å². The number of benzene rings is 1. The number of carbonyl (C=O) groups excluding carboxylic acids is 2. The third kappa shape index (κ3) is 5.13. The summed E-state index contributed by atoms with van der Waals surface area (Å²) in [6.07, 6.45) is 0.379. The SMILES string of the molecule is Cc1ccc(C(=O)CCC(=O)NC(C)C(C)CO)cc1. The standard InChI is InChI=1S/C16H23NO3/c1-11-4-6-14(7-5-11)15(19)8-9-16(20)17-13(3)12(2)10-18/h4-7,12-13,18H,8-10H2,1-3H3,(H,17,20). The van der Waals surface area contributed by atoms with Crippen LogP contribution in [0, 0.1) is 12.8 Å². The summed E-state index contributed by atoms with van der Waals surface area (Å²) in [5, 5.41) is 11.8. The average Bonchev–Trinajstić information content (AvgIpc) is 2.44.